The van der Waals surface area contributed by atoms with Gasteiger partial charge in [-0.05, 0) is 74.6 Å². The van der Waals surface area contributed by atoms with Crippen molar-refractivity contribution < 1.29 is 23.1 Å². The van der Waals surface area contributed by atoms with Crippen molar-refractivity contribution in [3.8, 4) is 5.75 Å². The Hall–Kier alpha value is -2.96. The number of rotatable bonds is 5. The number of carbonyl (C=O) groups is 2. The first kappa shape index (κ1) is 22.2. The van der Waals surface area contributed by atoms with Crippen molar-refractivity contribution in [2.45, 2.75) is 32.1 Å². The maximum atomic E-state index is 14.0. The fourth-order valence-corrected chi connectivity index (χ4v) is 4.40. The smallest absolute Gasteiger partial charge is 0.256 e. The molecule has 170 valence electrons. The van der Waals surface area contributed by atoms with Crippen LogP contribution >= 0.6 is 0 Å². The molecule has 2 aromatic rings. The van der Waals surface area contributed by atoms with Crippen molar-refractivity contribution in [1.82, 2.24) is 9.80 Å². The topological polar surface area (TPSA) is 49.9 Å². The van der Waals surface area contributed by atoms with E-state index >= 15 is 0 Å². The van der Waals surface area contributed by atoms with Gasteiger partial charge < -0.3 is 14.5 Å². The number of halogens is 2. The lowest BCUT2D eigenvalue weighted by Gasteiger charge is -2.32. The van der Waals surface area contributed by atoms with Gasteiger partial charge in [0.05, 0.1) is 12.2 Å². The molecule has 0 N–H and O–H groups in total. The van der Waals surface area contributed by atoms with E-state index in [0.29, 0.717) is 31.0 Å². The first-order chi connectivity index (χ1) is 15.5. The summed E-state index contributed by atoms with van der Waals surface area (Å²) in [6.45, 7) is 2.98. The molecule has 5 nitrogen and oxygen atoms in total. The number of amides is 2. The van der Waals surface area contributed by atoms with Gasteiger partial charge in [-0.25, -0.2) is 8.78 Å². The minimum absolute atomic E-state index is 0.0577. The molecule has 1 atom stereocenters. The third-order valence-electron chi connectivity index (χ3n) is 6.20. The lowest BCUT2D eigenvalue weighted by molar-refractivity contribution is 0.0628. The highest BCUT2D eigenvalue weighted by Crippen LogP contribution is 2.22. The Morgan fingerprint density at radius 2 is 1.59 bits per heavy atom. The highest BCUT2D eigenvalue weighted by molar-refractivity contribution is 5.95. The number of hydrogen-bond acceptors (Lipinski definition) is 3. The van der Waals surface area contributed by atoms with E-state index in [4.69, 9.17) is 4.74 Å². The van der Waals surface area contributed by atoms with Crippen LogP contribution in [0, 0.1) is 17.6 Å². The van der Waals surface area contributed by atoms with Gasteiger partial charge in [-0.2, -0.15) is 0 Å². The summed E-state index contributed by atoms with van der Waals surface area (Å²) < 4.78 is 33.4. The Morgan fingerprint density at radius 3 is 2.34 bits per heavy atom. The molecule has 0 bridgehead atoms. The van der Waals surface area contributed by atoms with E-state index in [2.05, 4.69) is 0 Å². The Bertz CT molecular complexity index is 958. The molecular formula is C25H28F2N2O3. The minimum Gasteiger partial charge on any atom is -0.493 e. The number of likely N-dealkylation sites (tertiary alicyclic amines) is 2. The van der Waals surface area contributed by atoms with Crippen LogP contribution in [-0.2, 0) is 0 Å². The molecule has 32 heavy (non-hydrogen) atoms. The van der Waals surface area contributed by atoms with Crippen molar-refractivity contribution in [3.05, 3.63) is 65.2 Å². The van der Waals surface area contributed by atoms with Gasteiger partial charge in [0, 0.05) is 37.7 Å². The van der Waals surface area contributed by atoms with Crippen LogP contribution in [-0.4, -0.2) is 54.4 Å². The SMILES string of the molecule is O=C(c1ccc(OC[C@H]2CCCN(C(=O)c3cc(F)ccc3F)C2)cc1)N1CCCCC1. The first-order valence-electron chi connectivity index (χ1n) is 11.3. The zero-order valence-corrected chi connectivity index (χ0v) is 18.1. The predicted octanol–water partition coefficient (Wildman–Crippen LogP) is 4.52. The number of hydrogen-bond donors (Lipinski definition) is 0. The first-order valence-corrected chi connectivity index (χ1v) is 11.3. The van der Waals surface area contributed by atoms with E-state index in [1.54, 1.807) is 29.2 Å². The average Bonchev–Trinajstić information content (AvgIpc) is 2.84. The van der Waals surface area contributed by atoms with Gasteiger partial charge in [0.15, 0.2) is 0 Å². The Kier molecular flexibility index (Phi) is 7.02. The van der Waals surface area contributed by atoms with Crippen LogP contribution in [0.25, 0.3) is 0 Å². The molecule has 0 aliphatic carbocycles. The van der Waals surface area contributed by atoms with Gasteiger partial charge in [-0.3, -0.25) is 9.59 Å². The third kappa shape index (κ3) is 5.26. The van der Waals surface area contributed by atoms with Gasteiger partial charge >= 0.3 is 0 Å². The monoisotopic (exact) mass is 442 g/mol. The quantitative estimate of drug-likeness (QED) is 0.684. The second kappa shape index (κ2) is 10.1. The molecule has 2 fully saturated rings. The fraction of sp³-hybridized carbons (Fsp3) is 0.440. The second-order valence-electron chi connectivity index (χ2n) is 8.57. The predicted molar refractivity (Wildman–Crippen MR) is 117 cm³/mol. The van der Waals surface area contributed by atoms with E-state index in [0.717, 1.165) is 57.0 Å². The maximum Gasteiger partial charge on any atom is 0.256 e. The van der Waals surface area contributed by atoms with E-state index in [-0.39, 0.29) is 17.4 Å². The Labute approximate surface area is 187 Å². The van der Waals surface area contributed by atoms with E-state index in [1.807, 2.05) is 4.90 Å². The number of nitrogens with zero attached hydrogens (tertiary/aromatic N) is 2. The molecule has 0 radical (unpaired) electrons. The summed E-state index contributed by atoms with van der Waals surface area (Å²) in [5, 5.41) is 0. The number of ether oxygens (including phenoxy) is 1. The van der Waals surface area contributed by atoms with Crippen LogP contribution < -0.4 is 4.74 Å². The number of benzene rings is 2. The van der Waals surface area contributed by atoms with Crippen molar-refractivity contribution in [2.24, 2.45) is 5.92 Å². The van der Waals surface area contributed by atoms with Crippen molar-refractivity contribution in [1.29, 1.82) is 0 Å². The molecule has 2 aliphatic rings. The zero-order chi connectivity index (χ0) is 22.5. The number of carbonyl (C=O) groups excluding carboxylic acids is 2. The standard InChI is InChI=1S/C25H28F2N2O3/c26-20-8-11-23(27)22(15-20)25(31)29-14-4-5-18(16-29)17-32-21-9-6-19(7-10-21)24(30)28-12-2-1-3-13-28/h6-11,15,18H,1-5,12-14,16-17H2/t18-/m0/s1. The fourth-order valence-electron chi connectivity index (χ4n) is 4.40. The lowest BCUT2D eigenvalue weighted by Crippen LogP contribution is -2.42. The molecule has 0 spiro atoms. The average molecular weight is 443 g/mol. The summed E-state index contributed by atoms with van der Waals surface area (Å²) in [6, 6.07) is 10.1. The van der Waals surface area contributed by atoms with Crippen LogP contribution in [0.5, 0.6) is 5.75 Å². The Balaban J connectivity index is 1.31. The molecule has 2 saturated heterocycles. The highest BCUT2D eigenvalue weighted by atomic mass is 19.1. The Morgan fingerprint density at radius 1 is 0.875 bits per heavy atom. The van der Waals surface area contributed by atoms with Gasteiger partial charge in [0.1, 0.15) is 17.4 Å². The molecule has 2 aromatic carbocycles. The maximum absolute atomic E-state index is 14.0. The molecule has 7 heteroatoms. The molecule has 2 amide bonds. The molecule has 0 saturated carbocycles. The van der Waals surface area contributed by atoms with Gasteiger partial charge in [-0.15, -0.1) is 0 Å². The van der Waals surface area contributed by atoms with Crippen LogP contribution in [0.3, 0.4) is 0 Å². The summed E-state index contributed by atoms with van der Waals surface area (Å²) in [5.41, 5.74) is 0.423. The molecule has 0 unspecified atom stereocenters. The molecule has 4 rings (SSSR count). The minimum atomic E-state index is -0.714. The lowest BCUT2D eigenvalue weighted by atomic mass is 9.98. The summed E-state index contributed by atoms with van der Waals surface area (Å²) in [6.07, 6.45) is 4.96. The van der Waals surface area contributed by atoms with Crippen molar-refractivity contribution in [3.63, 3.8) is 0 Å². The summed E-state index contributed by atoms with van der Waals surface area (Å²) in [7, 11) is 0. The zero-order valence-electron chi connectivity index (χ0n) is 18.1. The second-order valence-corrected chi connectivity index (χ2v) is 8.57. The van der Waals surface area contributed by atoms with Crippen LogP contribution in [0.1, 0.15) is 52.8 Å². The van der Waals surface area contributed by atoms with Crippen LogP contribution in [0.4, 0.5) is 8.78 Å². The van der Waals surface area contributed by atoms with E-state index in [9.17, 15) is 18.4 Å². The molecule has 0 aromatic heterocycles. The normalized spacial score (nSPS) is 19.0. The largest absolute Gasteiger partial charge is 0.493 e. The molecule has 2 aliphatic heterocycles. The van der Waals surface area contributed by atoms with Crippen molar-refractivity contribution >= 4 is 11.8 Å². The van der Waals surface area contributed by atoms with Gasteiger partial charge in [0.2, 0.25) is 0 Å². The van der Waals surface area contributed by atoms with Crippen LogP contribution in [0.15, 0.2) is 42.5 Å². The third-order valence-corrected chi connectivity index (χ3v) is 6.20. The van der Waals surface area contributed by atoms with Crippen LogP contribution in [0.2, 0.25) is 0 Å². The van der Waals surface area contributed by atoms with E-state index in [1.165, 1.54) is 6.42 Å². The summed E-state index contributed by atoms with van der Waals surface area (Å²) >= 11 is 0. The summed E-state index contributed by atoms with van der Waals surface area (Å²) in [5.74, 6) is -1.02. The van der Waals surface area contributed by atoms with Crippen molar-refractivity contribution in [2.75, 3.05) is 32.8 Å². The van der Waals surface area contributed by atoms with E-state index < -0.39 is 17.5 Å². The number of piperidine rings is 2. The molecule has 2 heterocycles. The van der Waals surface area contributed by atoms with Gasteiger partial charge in [-0.1, -0.05) is 0 Å². The highest BCUT2D eigenvalue weighted by Gasteiger charge is 2.27. The summed E-state index contributed by atoms with van der Waals surface area (Å²) in [4.78, 5) is 28.7. The van der Waals surface area contributed by atoms with Gasteiger partial charge in [0.25, 0.3) is 11.8 Å². The molecular weight excluding hydrogens is 414 g/mol.